The van der Waals surface area contributed by atoms with E-state index in [0.29, 0.717) is 13.1 Å². The molecule has 3 N–H and O–H groups in total. The number of rotatable bonds is 6. The number of aryl methyl sites for hydroxylation is 2. The van der Waals surface area contributed by atoms with Crippen molar-refractivity contribution in [3.05, 3.63) is 33.9 Å². The van der Waals surface area contributed by atoms with Crippen LogP contribution in [0.3, 0.4) is 0 Å². The van der Waals surface area contributed by atoms with Gasteiger partial charge in [-0.15, -0.1) is 0 Å². The molecule has 0 bridgehead atoms. The molecule has 0 radical (unpaired) electrons. The highest BCUT2D eigenvalue weighted by atomic mass is 16.4. The zero-order chi connectivity index (χ0) is 14.6. The smallest absolute Gasteiger partial charge is 0.322 e. The summed E-state index contributed by atoms with van der Waals surface area (Å²) in [5, 5.41) is 15.0. The molecule has 4 heteroatoms. The van der Waals surface area contributed by atoms with Gasteiger partial charge in [-0.1, -0.05) is 6.07 Å². The van der Waals surface area contributed by atoms with Crippen LogP contribution >= 0.6 is 0 Å². The predicted molar refractivity (Wildman–Crippen MR) is 77.6 cm³/mol. The molecule has 1 unspecified atom stereocenters. The summed E-state index contributed by atoms with van der Waals surface area (Å²) in [7, 11) is 1.66. The Bertz CT molecular complexity index is 443. The number of aliphatic carboxylic acids is 1. The first-order valence-electron chi connectivity index (χ1n) is 6.55. The van der Waals surface area contributed by atoms with Crippen LogP contribution in [0.15, 0.2) is 6.07 Å². The van der Waals surface area contributed by atoms with Crippen molar-refractivity contribution in [2.75, 3.05) is 13.6 Å². The Morgan fingerprint density at radius 1 is 1.21 bits per heavy atom. The zero-order valence-electron chi connectivity index (χ0n) is 12.4. The second-order valence-corrected chi connectivity index (χ2v) is 5.05. The highest BCUT2D eigenvalue weighted by Gasteiger charge is 2.14. The maximum Gasteiger partial charge on any atom is 0.322 e. The molecular formula is C15H24N2O2. The highest BCUT2D eigenvalue weighted by molar-refractivity contribution is 5.73. The number of carboxylic acids is 1. The first-order chi connectivity index (χ1) is 8.88. The van der Waals surface area contributed by atoms with E-state index in [1.165, 1.54) is 27.8 Å². The molecule has 0 aliphatic rings. The van der Waals surface area contributed by atoms with E-state index in [1.807, 2.05) is 0 Å². The summed E-state index contributed by atoms with van der Waals surface area (Å²) in [6.45, 7) is 9.57. The molecule has 19 heavy (non-hydrogen) atoms. The molecule has 106 valence electrons. The SMILES string of the molecule is CNC(CNCc1c(C)c(C)cc(C)c1C)C(=O)O. The maximum absolute atomic E-state index is 10.9. The lowest BCUT2D eigenvalue weighted by Crippen LogP contribution is -2.42. The van der Waals surface area contributed by atoms with Gasteiger partial charge >= 0.3 is 5.97 Å². The summed E-state index contributed by atoms with van der Waals surface area (Å²) in [5.41, 5.74) is 6.41. The van der Waals surface area contributed by atoms with Crippen LogP contribution in [0.2, 0.25) is 0 Å². The molecule has 0 aliphatic carbocycles. The largest absolute Gasteiger partial charge is 0.480 e. The van der Waals surface area contributed by atoms with Crippen LogP contribution in [0.5, 0.6) is 0 Å². The number of carboxylic acid groups (broad SMARTS) is 1. The lowest BCUT2D eigenvalue weighted by atomic mass is 9.94. The van der Waals surface area contributed by atoms with Crippen molar-refractivity contribution in [1.29, 1.82) is 0 Å². The zero-order valence-corrected chi connectivity index (χ0v) is 12.4. The molecule has 0 fully saturated rings. The van der Waals surface area contributed by atoms with E-state index in [-0.39, 0.29) is 0 Å². The number of likely N-dealkylation sites (N-methyl/N-ethyl adjacent to an activating group) is 1. The van der Waals surface area contributed by atoms with Gasteiger partial charge in [-0.05, 0) is 62.6 Å². The van der Waals surface area contributed by atoms with Crippen LogP contribution in [0.4, 0.5) is 0 Å². The number of nitrogens with one attached hydrogen (secondary N) is 2. The third-order valence-electron chi connectivity index (χ3n) is 3.82. The predicted octanol–water partition coefficient (Wildman–Crippen LogP) is 1.68. The molecule has 0 amide bonds. The summed E-state index contributed by atoms with van der Waals surface area (Å²) in [6, 6.07) is 1.65. The highest BCUT2D eigenvalue weighted by Crippen LogP contribution is 2.21. The Morgan fingerprint density at radius 2 is 1.74 bits per heavy atom. The molecule has 0 aromatic heterocycles. The van der Waals surface area contributed by atoms with Gasteiger partial charge in [0.2, 0.25) is 0 Å². The second-order valence-electron chi connectivity index (χ2n) is 5.05. The van der Waals surface area contributed by atoms with Gasteiger partial charge in [0.05, 0.1) is 0 Å². The van der Waals surface area contributed by atoms with Gasteiger partial charge in [-0.2, -0.15) is 0 Å². The monoisotopic (exact) mass is 264 g/mol. The lowest BCUT2D eigenvalue weighted by Gasteiger charge is -2.17. The van der Waals surface area contributed by atoms with Crippen molar-refractivity contribution in [1.82, 2.24) is 10.6 Å². The molecule has 1 rings (SSSR count). The fourth-order valence-corrected chi connectivity index (χ4v) is 2.22. The molecule has 1 aromatic rings. The Hall–Kier alpha value is -1.39. The van der Waals surface area contributed by atoms with Crippen LogP contribution < -0.4 is 10.6 Å². The van der Waals surface area contributed by atoms with Crippen molar-refractivity contribution in [3.63, 3.8) is 0 Å². The van der Waals surface area contributed by atoms with E-state index >= 15 is 0 Å². The van der Waals surface area contributed by atoms with Crippen LogP contribution in [-0.2, 0) is 11.3 Å². The summed E-state index contributed by atoms with van der Waals surface area (Å²) in [4.78, 5) is 10.9. The lowest BCUT2D eigenvalue weighted by molar-refractivity contribution is -0.139. The number of carbonyl (C=O) groups is 1. The Balaban J connectivity index is 2.76. The Kier molecular flexibility index (Phi) is 5.51. The topological polar surface area (TPSA) is 61.4 Å². The Labute approximate surface area is 115 Å². The van der Waals surface area contributed by atoms with Gasteiger partial charge in [0.1, 0.15) is 6.04 Å². The minimum Gasteiger partial charge on any atom is -0.480 e. The van der Waals surface area contributed by atoms with Crippen molar-refractivity contribution in [2.45, 2.75) is 40.3 Å². The van der Waals surface area contributed by atoms with Crippen LogP contribution in [0.1, 0.15) is 27.8 Å². The van der Waals surface area contributed by atoms with Gasteiger partial charge in [0.15, 0.2) is 0 Å². The molecule has 4 nitrogen and oxygen atoms in total. The summed E-state index contributed by atoms with van der Waals surface area (Å²) >= 11 is 0. The number of benzene rings is 1. The maximum atomic E-state index is 10.9. The fraction of sp³-hybridized carbons (Fsp3) is 0.533. The first kappa shape index (κ1) is 15.7. The standard InChI is InChI=1S/C15H24N2O2/c1-9-6-10(2)12(4)13(11(9)3)7-17-8-14(16-5)15(18)19/h6,14,16-17H,7-8H2,1-5H3,(H,18,19). The van der Waals surface area contributed by atoms with Gasteiger partial charge in [0, 0.05) is 13.1 Å². The summed E-state index contributed by atoms with van der Waals surface area (Å²) in [6.07, 6.45) is 0. The quantitative estimate of drug-likeness (QED) is 0.731. The molecule has 0 heterocycles. The van der Waals surface area contributed by atoms with E-state index < -0.39 is 12.0 Å². The van der Waals surface area contributed by atoms with E-state index in [4.69, 9.17) is 5.11 Å². The second kappa shape index (κ2) is 6.68. The molecule has 0 saturated carbocycles. The number of hydrogen-bond donors (Lipinski definition) is 3. The van der Waals surface area contributed by atoms with E-state index in [0.717, 1.165) is 0 Å². The van der Waals surface area contributed by atoms with Gasteiger partial charge in [0.25, 0.3) is 0 Å². The third kappa shape index (κ3) is 3.78. The van der Waals surface area contributed by atoms with Crippen molar-refractivity contribution in [2.24, 2.45) is 0 Å². The molecular weight excluding hydrogens is 240 g/mol. The molecule has 1 aromatic carbocycles. The van der Waals surface area contributed by atoms with Crippen molar-refractivity contribution >= 4 is 5.97 Å². The molecule has 0 aliphatic heterocycles. The van der Waals surface area contributed by atoms with Gasteiger partial charge in [-0.3, -0.25) is 4.79 Å². The molecule has 0 spiro atoms. The average molecular weight is 264 g/mol. The third-order valence-corrected chi connectivity index (χ3v) is 3.82. The number of hydrogen-bond acceptors (Lipinski definition) is 3. The van der Waals surface area contributed by atoms with Crippen LogP contribution in [0.25, 0.3) is 0 Å². The average Bonchev–Trinajstić information content (AvgIpc) is 2.35. The van der Waals surface area contributed by atoms with Crippen molar-refractivity contribution < 1.29 is 9.90 Å². The fourth-order valence-electron chi connectivity index (χ4n) is 2.22. The van der Waals surface area contributed by atoms with Crippen LogP contribution in [0, 0.1) is 27.7 Å². The Morgan fingerprint density at radius 3 is 2.16 bits per heavy atom. The first-order valence-corrected chi connectivity index (χ1v) is 6.55. The summed E-state index contributed by atoms with van der Waals surface area (Å²) < 4.78 is 0. The van der Waals surface area contributed by atoms with E-state index in [2.05, 4.69) is 44.4 Å². The van der Waals surface area contributed by atoms with Gasteiger partial charge in [-0.25, -0.2) is 0 Å². The minimum absolute atomic E-state index is 0.414. The minimum atomic E-state index is -0.830. The van der Waals surface area contributed by atoms with E-state index in [1.54, 1.807) is 7.05 Å². The summed E-state index contributed by atoms with van der Waals surface area (Å²) in [5.74, 6) is -0.830. The van der Waals surface area contributed by atoms with Crippen LogP contribution in [-0.4, -0.2) is 30.7 Å². The van der Waals surface area contributed by atoms with Gasteiger partial charge < -0.3 is 15.7 Å². The normalized spacial score (nSPS) is 12.5. The molecule has 0 saturated heterocycles. The van der Waals surface area contributed by atoms with Crippen molar-refractivity contribution in [3.8, 4) is 0 Å². The molecule has 1 atom stereocenters. The van der Waals surface area contributed by atoms with E-state index in [9.17, 15) is 4.79 Å².